The molecule has 12 heavy (non-hydrogen) atoms. The zero-order valence-electron chi connectivity index (χ0n) is 7.35. The highest BCUT2D eigenvalue weighted by molar-refractivity contribution is 7.15. The lowest BCUT2D eigenvalue weighted by atomic mass is 9.79. The van der Waals surface area contributed by atoms with Gasteiger partial charge >= 0.3 is 0 Å². The normalized spacial score (nSPS) is 20.6. The molecule has 1 aliphatic rings. The van der Waals surface area contributed by atoms with E-state index in [1.807, 2.05) is 0 Å². The fourth-order valence-corrected chi connectivity index (χ4v) is 3.13. The summed E-state index contributed by atoms with van der Waals surface area (Å²) in [5.74, 6) is 0. The number of aryl methyl sites for hydroxylation is 1. The van der Waals surface area contributed by atoms with Crippen LogP contribution in [0.25, 0.3) is 0 Å². The number of nitrogens with zero attached hydrogens (tertiary/aromatic N) is 1. The molecule has 0 aromatic carbocycles. The molecule has 1 nitrogen and oxygen atoms in total. The van der Waals surface area contributed by atoms with E-state index < -0.39 is 0 Å². The molecule has 66 valence electrons. The fourth-order valence-electron chi connectivity index (χ4n) is 1.67. The van der Waals surface area contributed by atoms with E-state index in [1.54, 1.807) is 11.3 Å². The highest BCUT2D eigenvalue weighted by Gasteiger charge is 2.27. The minimum Gasteiger partial charge on any atom is -0.230 e. The largest absolute Gasteiger partial charge is 0.230 e. The summed E-state index contributed by atoms with van der Waals surface area (Å²) in [6, 6.07) is 0. The van der Waals surface area contributed by atoms with Gasteiger partial charge in [0.15, 0.2) is 4.47 Å². The molecule has 1 aromatic heterocycles. The van der Waals surface area contributed by atoms with Crippen molar-refractivity contribution in [2.24, 2.45) is 5.41 Å². The predicted molar refractivity (Wildman–Crippen MR) is 52.9 cm³/mol. The van der Waals surface area contributed by atoms with Crippen LogP contribution in [0.5, 0.6) is 0 Å². The summed E-state index contributed by atoms with van der Waals surface area (Å²) in [5, 5.41) is 0. The Labute approximate surface area is 81.8 Å². The Kier molecular flexibility index (Phi) is 1.92. The highest BCUT2D eigenvalue weighted by atomic mass is 35.5. The van der Waals surface area contributed by atoms with Crippen LogP contribution in [0.15, 0.2) is 0 Å². The molecule has 0 aliphatic heterocycles. The molecule has 0 unspecified atom stereocenters. The lowest BCUT2D eigenvalue weighted by molar-refractivity contribution is 0.316. The number of thiazole rings is 1. The van der Waals surface area contributed by atoms with Crippen LogP contribution >= 0.6 is 22.9 Å². The molecule has 0 radical (unpaired) electrons. The van der Waals surface area contributed by atoms with Crippen LogP contribution in [0, 0.1) is 5.41 Å². The summed E-state index contributed by atoms with van der Waals surface area (Å²) in [7, 11) is 0. The van der Waals surface area contributed by atoms with Gasteiger partial charge < -0.3 is 0 Å². The molecule has 0 N–H and O–H groups in total. The van der Waals surface area contributed by atoms with Crippen molar-refractivity contribution in [3.8, 4) is 0 Å². The Morgan fingerprint density at radius 1 is 1.50 bits per heavy atom. The number of hydrogen-bond acceptors (Lipinski definition) is 2. The first-order chi connectivity index (χ1) is 5.57. The maximum absolute atomic E-state index is 5.85. The molecular weight excluding hydrogens is 190 g/mol. The van der Waals surface area contributed by atoms with E-state index in [4.69, 9.17) is 11.6 Å². The van der Waals surface area contributed by atoms with Gasteiger partial charge in [0.25, 0.3) is 0 Å². The summed E-state index contributed by atoms with van der Waals surface area (Å²) in [6.07, 6.45) is 3.48. The van der Waals surface area contributed by atoms with Gasteiger partial charge in [0.05, 0.1) is 5.69 Å². The molecule has 3 heteroatoms. The number of aromatic nitrogens is 1. The quantitative estimate of drug-likeness (QED) is 0.628. The van der Waals surface area contributed by atoms with Crippen molar-refractivity contribution in [1.29, 1.82) is 0 Å². The van der Waals surface area contributed by atoms with Gasteiger partial charge in [0, 0.05) is 4.88 Å². The molecule has 0 atom stereocenters. The van der Waals surface area contributed by atoms with Gasteiger partial charge in [-0.2, -0.15) is 0 Å². The number of rotatable bonds is 0. The monoisotopic (exact) mass is 201 g/mol. The molecule has 0 spiro atoms. The zero-order chi connectivity index (χ0) is 8.77. The number of fused-ring (bicyclic) bond motifs is 1. The molecular formula is C9H12ClNS. The average molecular weight is 202 g/mol. The van der Waals surface area contributed by atoms with Crippen LogP contribution < -0.4 is 0 Å². The van der Waals surface area contributed by atoms with Gasteiger partial charge in [0.2, 0.25) is 0 Å². The lowest BCUT2D eigenvalue weighted by Gasteiger charge is -2.28. The SMILES string of the molecule is CC1(C)CCc2nc(Cl)sc2C1. The van der Waals surface area contributed by atoms with Crippen molar-refractivity contribution >= 4 is 22.9 Å². The van der Waals surface area contributed by atoms with Crippen molar-refractivity contribution in [2.45, 2.75) is 33.1 Å². The summed E-state index contributed by atoms with van der Waals surface area (Å²) in [5.41, 5.74) is 1.69. The topological polar surface area (TPSA) is 12.9 Å². The van der Waals surface area contributed by atoms with Crippen LogP contribution in [0.1, 0.15) is 30.8 Å². The van der Waals surface area contributed by atoms with Crippen molar-refractivity contribution in [2.75, 3.05) is 0 Å². The van der Waals surface area contributed by atoms with E-state index in [-0.39, 0.29) is 0 Å². The third-order valence-electron chi connectivity index (χ3n) is 2.43. The minimum atomic E-state index is 0.447. The minimum absolute atomic E-state index is 0.447. The summed E-state index contributed by atoms with van der Waals surface area (Å²) in [4.78, 5) is 5.70. The van der Waals surface area contributed by atoms with E-state index in [0.29, 0.717) is 9.88 Å². The predicted octanol–water partition coefficient (Wildman–Crippen LogP) is 3.31. The second-order valence-corrected chi connectivity index (χ2v) is 5.84. The molecule has 0 saturated heterocycles. The summed E-state index contributed by atoms with van der Waals surface area (Å²) < 4.78 is 0.706. The second kappa shape index (κ2) is 2.71. The Morgan fingerprint density at radius 3 is 3.00 bits per heavy atom. The van der Waals surface area contributed by atoms with Gasteiger partial charge in [0.1, 0.15) is 0 Å². The smallest absolute Gasteiger partial charge is 0.184 e. The molecule has 1 heterocycles. The van der Waals surface area contributed by atoms with E-state index in [1.165, 1.54) is 17.0 Å². The Morgan fingerprint density at radius 2 is 2.25 bits per heavy atom. The molecule has 0 amide bonds. The van der Waals surface area contributed by atoms with Crippen LogP contribution in [0.3, 0.4) is 0 Å². The van der Waals surface area contributed by atoms with E-state index in [0.717, 1.165) is 12.8 Å². The zero-order valence-corrected chi connectivity index (χ0v) is 8.93. The maximum Gasteiger partial charge on any atom is 0.184 e. The first-order valence-corrected chi connectivity index (χ1v) is 5.40. The molecule has 0 bridgehead atoms. The summed E-state index contributed by atoms with van der Waals surface area (Å²) >= 11 is 7.50. The van der Waals surface area contributed by atoms with Gasteiger partial charge in [-0.3, -0.25) is 0 Å². The van der Waals surface area contributed by atoms with Crippen molar-refractivity contribution in [3.63, 3.8) is 0 Å². The first kappa shape index (κ1) is 8.52. The first-order valence-electron chi connectivity index (χ1n) is 4.21. The van der Waals surface area contributed by atoms with Crippen LogP contribution in [-0.4, -0.2) is 4.98 Å². The summed E-state index contributed by atoms with van der Waals surface area (Å²) in [6.45, 7) is 4.62. The molecule has 1 aliphatic carbocycles. The maximum atomic E-state index is 5.85. The van der Waals surface area contributed by atoms with E-state index in [9.17, 15) is 0 Å². The van der Waals surface area contributed by atoms with Crippen molar-refractivity contribution in [1.82, 2.24) is 4.98 Å². The number of hydrogen-bond donors (Lipinski definition) is 0. The Balaban J connectivity index is 2.34. The van der Waals surface area contributed by atoms with E-state index in [2.05, 4.69) is 18.8 Å². The average Bonchev–Trinajstić information content (AvgIpc) is 2.26. The second-order valence-electron chi connectivity index (χ2n) is 4.18. The number of halogens is 1. The van der Waals surface area contributed by atoms with Crippen molar-refractivity contribution < 1.29 is 0 Å². The van der Waals surface area contributed by atoms with Crippen LogP contribution in [0.4, 0.5) is 0 Å². The Hall–Kier alpha value is -0.0800. The van der Waals surface area contributed by atoms with Gasteiger partial charge in [-0.25, -0.2) is 4.98 Å². The molecule has 1 aromatic rings. The fraction of sp³-hybridized carbons (Fsp3) is 0.667. The van der Waals surface area contributed by atoms with Gasteiger partial charge in [-0.1, -0.05) is 25.4 Å². The third kappa shape index (κ3) is 1.50. The van der Waals surface area contributed by atoms with Gasteiger partial charge in [-0.15, -0.1) is 11.3 Å². The molecule has 0 saturated carbocycles. The Bertz CT molecular complexity index is 303. The van der Waals surface area contributed by atoms with E-state index >= 15 is 0 Å². The van der Waals surface area contributed by atoms with Crippen LogP contribution in [-0.2, 0) is 12.8 Å². The standard InChI is InChI=1S/C9H12ClNS/c1-9(2)4-3-6-7(5-9)12-8(10)11-6/h3-5H2,1-2H3. The van der Waals surface area contributed by atoms with Crippen molar-refractivity contribution in [3.05, 3.63) is 15.0 Å². The lowest BCUT2D eigenvalue weighted by Crippen LogP contribution is -2.20. The third-order valence-corrected chi connectivity index (χ3v) is 3.63. The molecule has 0 fully saturated rings. The van der Waals surface area contributed by atoms with Gasteiger partial charge in [-0.05, 0) is 24.7 Å². The molecule has 2 rings (SSSR count). The van der Waals surface area contributed by atoms with Crippen LogP contribution in [0.2, 0.25) is 4.47 Å². The highest BCUT2D eigenvalue weighted by Crippen LogP contribution is 2.38.